The van der Waals surface area contributed by atoms with E-state index in [9.17, 15) is 5.11 Å². The second-order valence-corrected chi connectivity index (χ2v) is 5.50. The zero-order valence-electron chi connectivity index (χ0n) is 11.6. The van der Waals surface area contributed by atoms with E-state index in [0.29, 0.717) is 0 Å². The largest absolute Gasteiger partial charge is 0.395 e. The Morgan fingerprint density at radius 2 is 2.18 bits per heavy atom. The van der Waals surface area contributed by atoms with Crippen LogP contribution in [-0.2, 0) is 0 Å². The number of rotatable bonds is 7. The Morgan fingerprint density at radius 1 is 1.35 bits per heavy atom. The number of nitrogens with one attached hydrogen (secondary N) is 1. The van der Waals surface area contributed by atoms with Gasteiger partial charge in [-0.3, -0.25) is 0 Å². The van der Waals surface area contributed by atoms with Gasteiger partial charge in [0.05, 0.1) is 6.61 Å². The number of hydrogen-bond acceptors (Lipinski definition) is 3. The summed E-state index contributed by atoms with van der Waals surface area (Å²) < 4.78 is 0. The van der Waals surface area contributed by atoms with Crippen LogP contribution in [0.3, 0.4) is 0 Å². The summed E-state index contributed by atoms with van der Waals surface area (Å²) in [6.07, 6.45) is 6.27. The molecule has 17 heavy (non-hydrogen) atoms. The second kappa shape index (κ2) is 8.90. The Bertz CT molecular complexity index is 187. The molecule has 1 heterocycles. The lowest BCUT2D eigenvalue weighted by Crippen LogP contribution is -2.37. The third kappa shape index (κ3) is 6.39. The minimum atomic E-state index is 0.268. The summed E-state index contributed by atoms with van der Waals surface area (Å²) in [5.74, 6) is 0.895. The van der Waals surface area contributed by atoms with Crippen LogP contribution >= 0.6 is 0 Å². The molecular formula is C14H30N2O. The van der Waals surface area contributed by atoms with E-state index in [2.05, 4.69) is 24.1 Å². The molecule has 2 N–H and O–H groups in total. The maximum absolute atomic E-state index is 9.30. The van der Waals surface area contributed by atoms with Crippen molar-refractivity contribution in [3.63, 3.8) is 0 Å². The Labute approximate surface area is 107 Å². The lowest BCUT2D eigenvalue weighted by atomic mass is 10.0. The first-order valence-corrected chi connectivity index (χ1v) is 7.32. The quantitative estimate of drug-likeness (QED) is 0.715. The van der Waals surface area contributed by atoms with E-state index < -0.39 is 0 Å². The average molecular weight is 242 g/mol. The smallest absolute Gasteiger partial charge is 0.0585 e. The average Bonchev–Trinajstić information content (AvgIpc) is 2.54. The fourth-order valence-electron chi connectivity index (χ4n) is 2.49. The monoisotopic (exact) mass is 242 g/mol. The van der Waals surface area contributed by atoms with Gasteiger partial charge < -0.3 is 15.3 Å². The van der Waals surface area contributed by atoms with Crippen molar-refractivity contribution in [1.82, 2.24) is 10.2 Å². The zero-order valence-corrected chi connectivity index (χ0v) is 11.6. The van der Waals surface area contributed by atoms with E-state index in [1.54, 1.807) is 0 Å². The molecule has 1 fully saturated rings. The molecular weight excluding hydrogens is 212 g/mol. The van der Waals surface area contributed by atoms with Gasteiger partial charge in [0.2, 0.25) is 0 Å². The molecule has 3 nitrogen and oxygen atoms in total. The third-order valence-corrected chi connectivity index (χ3v) is 3.81. The molecule has 0 bridgehead atoms. The van der Waals surface area contributed by atoms with Crippen LogP contribution in [0.4, 0.5) is 0 Å². The molecule has 1 aliphatic heterocycles. The second-order valence-electron chi connectivity index (χ2n) is 5.50. The standard InChI is InChI=1S/C14H30N2O/c1-3-8-15-14(12-17)7-11-16-9-4-5-13(2)6-10-16/h13-15,17H,3-12H2,1-2H3. The lowest BCUT2D eigenvalue weighted by molar-refractivity contribution is 0.207. The van der Waals surface area contributed by atoms with Crippen molar-refractivity contribution in [2.75, 3.05) is 32.8 Å². The van der Waals surface area contributed by atoms with Crippen molar-refractivity contribution in [2.24, 2.45) is 5.92 Å². The maximum Gasteiger partial charge on any atom is 0.0585 e. The van der Waals surface area contributed by atoms with Gasteiger partial charge >= 0.3 is 0 Å². The van der Waals surface area contributed by atoms with Crippen LogP contribution in [0.25, 0.3) is 0 Å². The van der Waals surface area contributed by atoms with E-state index in [-0.39, 0.29) is 12.6 Å². The van der Waals surface area contributed by atoms with Crippen LogP contribution in [0.2, 0.25) is 0 Å². The van der Waals surface area contributed by atoms with E-state index in [1.807, 2.05) is 0 Å². The van der Waals surface area contributed by atoms with Gasteiger partial charge in [0.25, 0.3) is 0 Å². The molecule has 0 radical (unpaired) electrons. The van der Waals surface area contributed by atoms with Crippen LogP contribution in [0, 0.1) is 5.92 Å². The number of nitrogens with zero attached hydrogens (tertiary/aromatic N) is 1. The van der Waals surface area contributed by atoms with Crippen molar-refractivity contribution >= 4 is 0 Å². The number of aliphatic hydroxyl groups excluding tert-OH is 1. The highest BCUT2D eigenvalue weighted by atomic mass is 16.3. The first-order chi connectivity index (χ1) is 8.26. The molecule has 1 aliphatic rings. The van der Waals surface area contributed by atoms with E-state index >= 15 is 0 Å². The van der Waals surface area contributed by atoms with E-state index in [4.69, 9.17) is 0 Å². The molecule has 0 aromatic rings. The number of aliphatic hydroxyl groups is 1. The highest BCUT2D eigenvalue weighted by Crippen LogP contribution is 2.16. The normalized spacial score (nSPS) is 24.5. The Balaban J connectivity index is 2.18. The van der Waals surface area contributed by atoms with E-state index in [1.165, 1.54) is 32.4 Å². The maximum atomic E-state index is 9.30. The molecule has 2 atom stereocenters. The first kappa shape index (κ1) is 14.9. The Hall–Kier alpha value is -0.120. The molecule has 0 saturated carbocycles. The molecule has 0 spiro atoms. The lowest BCUT2D eigenvalue weighted by Gasteiger charge is -2.23. The Morgan fingerprint density at radius 3 is 2.88 bits per heavy atom. The fourth-order valence-corrected chi connectivity index (χ4v) is 2.49. The predicted molar refractivity (Wildman–Crippen MR) is 73.2 cm³/mol. The van der Waals surface area contributed by atoms with Crippen LogP contribution in [-0.4, -0.2) is 48.8 Å². The molecule has 1 rings (SSSR count). The van der Waals surface area contributed by atoms with Gasteiger partial charge in [0.1, 0.15) is 0 Å². The molecule has 2 unspecified atom stereocenters. The third-order valence-electron chi connectivity index (χ3n) is 3.81. The molecule has 0 aliphatic carbocycles. The number of likely N-dealkylation sites (tertiary alicyclic amines) is 1. The minimum Gasteiger partial charge on any atom is -0.395 e. The van der Waals surface area contributed by atoms with Crippen LogP contribution in [0.15, 0.2) is 0 Å². The van der Waals surface area contributed by atoms with Crippen molar-refractivity contribution in [1.29, 1.82) is 0 Å². The molecule has 0 aromatic carbocycles. The SMILES string of the molecule is CCCNC(CO)CCN1CCCC(C)CC1. The van der Waals surface area contributed by atoms with Crippen LogP contribution in [0.1, 0.15) is 46.0 Å². The van der Waals surface area contributed by atoms with Gasteiger partial charge in [0, 0.05) is 6.04 Å². The Kier molecular flexibility index (Phi) is 7.82. The summed E-state index contributed by atoms with van der Waals surface area (Å²) in [6.45, 7) is 9.44. The van der Waals surface area contributed by atoms with Crippen molar-refractivity contribution in [3.05, 3.63) is 0 Å². The number of hydrogen-bond donors (Lipinski definition) is 2. The first-order valence-electron chi connectivity index (χ1n) is 7.32. The highest BCUT2D eigenvalue weighted by Gasteiger charge is 2.15. The molecule has 102 valence electrons. The predicted octanol–water partition coefficient (Wildman–Crippen LogP) is 1.86. The van der Waals surface area contributed by atoms with Crippen molar-refractivity contribution < 1.29 is 5.11 Å². The zero-order chi connectivity index (χ0) is 12.5. The molecule has 3 heteroatoms. The minimum absolute atomic E-state index is 0.268. The van der Waals surface area contributed by atoms with Gasteiger partial charge in [-0.15, -0.1) is 0 Å². The van der Waals surface area contributed by atoms with Crippen LogP contribution < -0.4 is 5.32 Å². The summed E-state index contributed by atoms with van der Waals surface area (Å²) in [7, 11) is 0. The van der Waals surface area contributed by atoms with Crippen LogP contribution in [0.5, 0.6) is 0 Å². The van der Waals surface area contributed by atoms with Gasteiger partial charge in [-0.1, -0.05) is 13.8 Å². The summed E-state index contributed by atoms with van der Waals surface area (Å²) >= 11 is 0. The molecule has 0 amide bonds. The molecule has 0 aromatic heterocycles. The van der Waals surface area contributed by atoms with Gasteiger partial charge in [-0.2, -0.15) is 0 Å². The topological polar surface area (TPSA) is 35.5 Å². The highest BCUT2D eigenvalue weighted by molar-refractivity contribution is 4.71. The summed E-state index contributed by atoms with van der Waals surface area (Å²) in [4.78, 5) is 2.57. The summed E-state index contributed by atoms with van der Waals surface area (Å²) in [5.41, 5.74) is 0. The van der Waals surface area contributed by atoms with E-state index in [0.717, 1.165) is 31.8 Å². The fraction of sp³-hybridized carbons (Fsp3) is 1.00. The van der Waals surface area contributed by atoms with Crippen molar-refractivity contribution in [3.8, 4) is 0 Å². The van der Waals surface area contributed by atoms with Crippen molar-refractivity contribution in [2.45, 2.75) is 52.0 Å². The van der Waals surface area contributed by atoms with Gasteiger partial charge in [0.15, 0.2) is 0 Å². The molecule has 1 saturated heterocycles. The van der Waals surface area contributed by atoms with Gasteiger partial charge in [-0.25, -0.2) is 0 Å². The summed E-state index contributed by atoms with van der Waals surface area (Å²) in [6, 6.07) is 0.288. The van der Waals surface area contributed by atoms with Gasteiger partial charge in [-0.05, 0) is 64.2 Å². The summed E-state index contributed by atoms with van der Waals surface area (Å²) in [5, 5.41) is 12.7.